The van der Waals surface area contributed by atoms with Crippen LogP contribution in [0.25, 0.3) is 38.4 Å². The lowest BCUT2D eigenvalue weighted by molar-refractivity contribution is 0.946. The molecule has 0 N–H and O–H groups in total. The first-order chi connectivity index (χ1) is 12.9. The smallest absolute Gasteiger partial charge is 0.150 e. The van der Waals surface area contributed by atoms with E-state index in [9.17, 15) is 0 Å². The Morgan fingerprint density at radius 2 is 1.54 bits per heavy atom. The zero-order chi connectivity index (χ0) is 17.1. The van der Waals surface area contributed by atoms with Crippen molar-refractivity contribution >= 4 is 44.2 Å². The summed E-state index contributed by atoms with van der Waals surface area (Å²) in [5.41, 5.74) is 4.38. The molecule has 0 bridgehead atoms. The average Bonchev–Trinajstić information content (AvgIpc) is 3.35. The maximum absolute atomic E-state index is 5.02. The molecule has 4 heterocycles. The van der Waals surface area contributed by atoms with Crippen LogP contribution in [0.15, 0.2) is 60.8 Å². The fourth-order valence-electron chi connectivity index (χ4n) is 4.40. The van der Waals surface area contributed by atoms with Crippen molar-refractivity contribution in [1.29, 1.82) is 0 Å². The largest absolute Gasteiger partial charge is 0.356 e. The van der Waals surface area contributed by atoms with Crippen LogP contribution in [0.4, 0.5) is 5.82 Å². The summed E-state index contributed by atoms with van der Waals surface area (Å²) in [6.07, 6.45) is 4.41. The van der Waals surface area contributed by atoms with Crippen LogP contribution in [0.5, 0.6) is 0 Å². The number of rotatable bonds is 1. The number of imidazole rings is 1. The molecule has 0 saturated carbocycles. The first-order valence-corrected chi connectivity index (χ1v) is 9.23. The molecular weight excluding hydrogens is 320 g/mol. The van der Waals surface area contributed by atoms with Crippen LogP contribution in [0.3, 0.4) is 0 Å². The van der Waals surface area contributed by atoms with Gasteiger partial charge in [0.15, 0.2) is 0 Å². The highest BCUT2D eigenvalue weighted by Gasteiger charge is 2.21. The molecule has 1 fully saturated rings. The van der Waals surface area contributed by atoms with Gasteiger partial charge in [-0.1, -0.05) is 30.3 Å². The standard InChI is InChI=1S/C22H18N4/c1-3-9-18-15(7-1)16-11-12-23-21(25-13-5-6-14-25)20(16)22-24-17-8-2-4-10-19(17)26(18)22/h1-4,7-12H,5-6,13-14H2. The lowest BCUT2D eigenvalue weighted by Gasteiger charge is -2.19. The summed E-state index contributed by atoms with van der Waals surface area (Å²) >= 11 is 0. The molecule has 0 unspecified atom stereocenters. The molecule has 2 aromatic carbocycles. The van der Waals surface area contributed by atoms with Crippen molar-refractivity contribution in [2.45, 2.75) is 12.8 Å². The predicted molar refractivity (Wildman–Crippen MR) is 107 cm³/mol. The first-order valence-electron chi connectivity index (χ1n) is 9.23. The number of hydrogen-bond donors (Lipinski definition) is 0. The SMILES string of the molecule is c1ccc2c(c1)nc1c3c(N4CCCC4)nccc3c3ccccc3n21. The molecule has 0 aliphatic carbocycles. The minimum atomic E-state index is 1.01. The number of pyridine rings is 2. The lowest BCUT2D eigenvalue weighted by Crippen LogP contribution is -2.19. The average molecular weight is 338 g/mol. The van der Waals surface area contributed by atoms with Gasteiger partial charge >= 0.3 is 0 Å². The molecule has 4 heteroatoms. The third-order valence-electron chi connectivity index (χ3n) is 5.56. The molecule has 0 spiro atoms. The summed E-state index contributed by atoms with van der Waals surface area (Å²) in [4.78, 5) is 12.2. The van der Waals surface area contributed by atoms with Gasteiger partial charge in [-0.2, -0.15) is 0 Å². The Balaban J connectivity index is 1.91. The maximum Gasteiger partial charge on any atom is 0.150 e. The van der Waals surface area contributed by atoms with Crippen LogP contribution in [0.1, 0.15) is 12.8 Å². The van der Waals surface area contributed by atoms with Crippen molar-refractivity contribution in [2.24, 2.45) is 0 Å². The van der Waals surface area contributed by atoms with Gasteiger partial charge < -0.3 is 4.90 Å². The number of hydrogen-bond acceptors (Lipinski definition) is 3. The molecule has 1 saturated heterocycles. The molecular formula is C22H18N4. The van der Waals surface area contributed by atoms with E-state index in [1.165, 1.54) is 34.5 Å². The summed E-state index contributed by atoms with van der Waals surface area (Å²) < 4.78 is 2.30. The number of benzene rings is 2. The zero-order valence-corrected chi connectivity index (χ0v) is 14.4. The van der Waals surface area contributed by atoms with Gasteiger partial charge in [0.05, 0.1) is 21.9 Å². The van der Waals surface area contributed by atoms with Crippen molar-refractivity contribution in [1.82, 2.24) is 14.4 Å². The van der Waals surface area contributed by atoms with E-state index in [0.717, 1.165) is 35.6 Å². The molecule has 1 aliphatic heterocycles. The maximum atomic E-state index is 5.02. The Kier molecular flexibility index (Phi) is 2.80. The monoisotopic (exact) mass is 338 g/mol. The first kappa shape index (κ1) is 14.1. The molecule has 6 rings (SSSR count). The van der Waals surface area contributed by atoms with Crippen molar-refractivity contribution in [3.05, 3.63) is 60.8 Å². The van der Waals surface area contributed by atoms with Crippen molar-refractivity contribution in [3.8, 4) is 0 Å². The fraction of sp³-hybridized carbons (Fsp3) is 0.182. The second-order valence-corrected chi connectivity index (χ2v) is 7.03. The van der Waals surface area contributed by atoms with E-state index in [0.29, 0.717) is 0 Å². The van der Waals surface area contributed by atoms with E-state index < -0.39 is 0 Å². The summed E-state index contributed by atoms with van der Waals surface area (Å²) in [5.74, 6) is 1.08. The number of aromatic nitrogens is 3. The van der Waals surface area contributed by atoms with Crippen LogP contribution in [0, 0.1) is 0 Å². The van der Waals surface area contributed by atoms with Crippen LogP contribution < -0.4 is 4.90 Å². The summed E-state index contributed by atoms with van der Waals surface area (Å²) in [7, 11) is 0. The quantitative estimate of drug-likeness (QED) is 0.412. The van der Waals surface area contributed by atoms with Gasteiger partial charge in [-0.3, -0.25) is 4.40 Å². The predicted octanol–water partition coefficient (Wildman–Crippen LogP) is 4.79. The molecule has 0 radical (unpaired) electrons. The molecule has 0 amide bonds. The Labute approximate surface area is 150 Å². The zero-order valence-electron chi connectivity index (χ0n) is 14.4. The molecule has 4 nitrogen and oxygen atoms in total. The van der Waals surface area contributed by atoms with Gasteiger partial charge in [-0.15, -0.1) is 0 Å². The van der Waals surface area contributed by atoms with Gasteiger partial charge in [0.25, 0.3) is 0 Å². The molecule has 3 aromatic heterocycles. The van der Waals surface area contributed by atoms with E-state index in [2.05, 4.69) is 63.9 Å². The van der Waals surface area contributed by atoms with Crippen molar-refractivity contribution in [2.75, 3.05) is 18.0 Å². The van der Waals surface area contributed by atoms with E-state index in [1.54, 1.807) is 0 Å². The fourth-order valence-corrected chi connectivity index (χ4v) is 4.40. The topological polar surface area (TPSA) is 33.4 Å². The second-order valence-electron chi connectivity index (χ2n) is 7.03. The second kappa shape index (κ2) is 5.18. The van der Waals surface area contributed by atoms with Crippen molar-refractivity contribution < 1.29 is 0 Å². The van der Waals surface area contributed by atoms with E-state index >= 15 is 0 Å². The van der Waals surface area contributed by atoms with Gasteiger partial charge in [0.2, 0.25) is 0 Å². The highest BCUT2D eigenvalue weighted by Crippen LogP contribution is 2.37. The van der Waals surface area contributed by atoms with Crippen LogP contribution in [-0.2, 0) is 0 Å². The highest BCUT2D eigenvalue weighted by atomic mass is 15.2. The van der Waals surface area contributed by atoms with E-state index in [4.69, 9.17) is 9.97 Å². The van der Waals surface area contributed by atoms with Crippen molar-refractivity contribution in [3.63, 3.8) is 0 Å². The minimum absolute atomic E-state index is 1.01. The Morgan fingerprint density at radius 3 is 2.42 bits per heavy atom. The Morgan fingerprint density at radius 1 is 0.769 bits per heavy atom. The lowest BCUT2D eigenvalue weighted by atomic mass is 10.1. The summed E-state index contributed by atoms with van der Waals surface area (Å²) in [6, 6.07) is 19.1. The van der Waals surface area contributed by atoms with Gasteiger partial charge in [-0.05, 0) is 42.5 Å². The molecule has 5 aromatic rings. The minimum Gasteiger partial charge on any atom is -0.356 e. The molecule has 26 heavy (non-hydrogen) atoms. The summed E-state index contributed by atoms with van der Waals surface area (Å²) in [6.45, 7) is 2.15. The van der Waals surface area contributed by atoms with Gasteiger partial charge in [0, 0.05) is 24.7 Å². The number of fused-ring (bicyclic) bond motifs is 8. The number of nitrogens with zero attached hydrogens (tertiary/aromatic N) is 4. The van der Waals surface area contributed by atoms with Gasteiger partial charge in [0.1, 0.15) is 11.5 Å². The summed E-state index contributed by atoms with van der Waals surface area (Å²) in [5, 5.41) is 3.66. The molecule has 126 valence electrons. The Hall–Kier alpha value is -3.14. The van der Waals surface area contributed by atoms with Crippen LogP contribution >= 0.6 is 0 Å². The Bertz CT molecular complexity index is 1300. The third kappa shape index (κ3) is 1.79. The highest BCUT2D eigenvalue weighted by molar-refractivity contribution is 6.17. The van der Waals surface area contributed by atoms with Crippen LogP contribution in [0.2, 0.25) is 0 Å². The molecule has 1 aliphatic rings. The van der Waals surface area contributed by atoms with Crippen LogP contribution in [-0.4, -0.2) is 27.5 Å². The van der Waals surface area contributed by atoms with E-state index in [1.807, 2.05) is 6.20 Å². The number of anilines is 1. The number of para-hydroxylation sites is 3. The van der Waals surface area contributed by atoms with E-state index in [-0.39, 0.29) is 0 Å². The third-order valence-corrected chi connectivity index (χ3v) is 5.56. The normalized spacial score (nSPS) is 15.0. The van der Waals surface area contributed by atoms with Gasteiger partial charge in [-0.25, -0.2) is 9.97 Å². The molecule has 0 atom stereocenters.